The van der Waals surface area contributed by atoms with Gasteiger partial charge in [0.2, 0.25) is 5.91 Å². The van der Waals surface area contributed by atoms with E-state index in [4.69, 9.17) is 0 Å². The Bertz CT molecular complexity index is 863. The Kier molecular flexibility index (Phi) is 5.83. The van der Waals surface area contributed by atoms with Crippen molar-refractivity contribution in [3.8, 4) is 0 Å². The van der Waals surface area contributed by atoms with Crippen LogP contribution in [0.15, 0.2) is 53.0 Å². The fourth-order valence-electron chi connectivity index (χ4n) is 2.49. The molecular formula is C19H20BrN3OS. The number of fused-ring (bicyclic) bond motifs is 1. The Morgan fingerprint density at radius 2 is 1.88 bits per heavy atom. The molecule has 130 valence electrons. The van der Waals surface area contributed by atoms with Gasteiger partial charge in [0.25, 0.3) is 0 Å². The number of halogens is 1. The van der Waals surface area contributed by atoms with Crippen LogP contribution in [-0.2, 0) is 11.2 Å². The number of aromatic nitrogens is 1. The number of nitrogens with zero attached hydrogens (tertiary/aromatic N) is 3. The zero-order valence-corrected chi connectivity index (χ0v) is 16.7. The summed E-state index contributed by atoms with van der Waals surface area (Å²) in [5.74, 6) is 0.0752. The first-order chi connectivity index (χ1) is 12.0. The second kappa shape index (κ2) is 8.08. The molecule has 0 N–H and O–H groups in total. The summed E-state index contributed by atoms with van der Waals surface area (Å²) in [6, 6.07) is 15.8. The molecule has 3 rings (SSSR count). The molecule has 3 aromatic rings. The summed E-state index contributed by atoms with van der Waals surface area (Å²) in [6.07, 6.45) is 0.383. The lowest BCUT2D eigenvalue weighted by atomic mass is 10.1. The van der Waals surface area contributed by atoms with Gasteiger partial charge in [-0.25, -0.2) is 4.98 Å². The maximum absolute atomic E-state index is 12.9. The van der Waals surface area contributed by atoms with Crippen LogP contribution < -0.4 is 4.90 Å². The van der Waals surface area contributed by atoms with Crippen LogP contribution in [0.25, 0.3) is 10.2 Å². The molecule has 0 aliphatic rings. The molecule has 0 saturated carbocycles. The highest BCUT2D eigenvalue weighted by atomic mass is 79.9. The van der Waals surface area contributed by atoms with Gasteiger partial charge in [0.1, 0.15) is 0 Å². The second-order valence-corrected chi connectivity index (χ2v) is 8.04. The van der Waals surface area contributed by atoms with Crippen LogP contribution in [0.1, 0.15) is 5.56 Å². The minimum Gasteiger partial charge on any atom is -0.308 e. The van der Waals surface area contributed by atoms with Gasteiger partial charge in [-0.2, -0.15) is 0 Å². The van der Waals surface area contributed by atoms with Crippen LogP contribution in [0.2, 0.25) is 0 Å². The van der Waals surface area contributed by atoms with Crippen molar-refractivity contribution < 1.29 is 4.79 Å². The van der Waals surface area contributed by atoms with Crippen LogP contribution >= 0.6 is 27.3 Å². The lowest BCUT2D eigenvalue weighted by molar-refractivity contribution is -0.118. The van der Waals surface area contributed by atoms with E-state index < -0.39 is 0 Å². The first-order valence-electron chi connectivity index (χ1n) is 8.08. The third-order valence-electron chi connectivity index (χ3n) is 3.84. The van der Waals surface area contributed by atoms with E-state index in [-0.39, 0.29) is 5.91 Å². The molecule has 25 heavy (non-hydrogen) atoms. The van der Waals surface area contributed by atoms with E-state index in [1.807, 2.05) is 67.5 Å². The van der Waals surface area contributed by atoms with Crippen molar-refractivity contribution in [3.63, 3.8) is 0 Å². The minimum atomic E-state index is 0.0752. The number of hydrogen-bond acceptors (Lipinski definition) is 4. The second-order valence-electron chi connectivity index (χ2n) is 6.12. The van der Waals surface area contributed by atoms with Crippen molar-refractivity contribution in [3.05, 3.63) is 58.6 Å². The van der Waals surface area contributed by atoms with E-state index in [0.717, 1.165) is 31.9 Å². The molecule has 0 unspecified atom stereocenters. The van der Waals surface area contributed by atoms with Gasteiger partial charge in [-0.3, -0.25) is 9.69 Å². The minimum absolute atomic E-state index is 0.0752. The van der Waals surface area contributed by atoms with Crippen molar-refractivity contribution in [1.82, 2.24) is 9.88 Å². The summed E-state index contributed by atoms with van der Waals surface area (Å²) in [5, 5.41) is 0.760. The lowest BCUT2D eigenvalue weighted by Crippen LogP contribution is -2.37. The van der Waals surface area contributed by atoms with E-state index in [1.165, 1.54) is 0 Å². The zero-order chi connectivity index (χ0) is 17.8. The average Bonchev–Trinajstić information content (AvgIpc) is 2.98. The molecule has 0 saturated heterocycles. The Labute approximate surface area is 160 Å². The Balaban J connectivity index is 1.88. The van der Waals surface area contributed by atoms with Crippen molar-refractivity contribution in [2.45, 2.75) is 6.42 Å². The third-order valence-corrected chi connectivity index (χ3v) is 5.37. The number of anilines is 1. The normalized spacial score (nSPS) is 11.2. The van der Waals surface area contributed by atoms with E-state index in [1.54, 1.807) is 11.3 Å². The number of rotatable bonds is 6. The number of carbonyl (C=O) groups is 1. The number of hydrogen-bond donors (Lipinski definition) is 0. The van der Waals surface area contributed by atoms with E-state index >= 15 is 0 Å². The largest absolute Gasteiger partial charge is 0.308 e. The average molecular weight is 418 g/mol. The predicted molar refractivity (Wildman–Crippen MR) is 108 cm³/mol. The summed E-state index contributed by atoms with van der Waals surface area (Å²) in [5.41, 5.74) is 1.94. The molecule has 1 heterocycles. The fraction of sp³-hybridized carbons (Fsp3) is 0.263. The SMILES string of the molecule is CN(C)CCN(C(=O)Cc1ccccc1)c1nc2ccc(Br)cc2s1. The molecule has 1 aromatic heterocycles. The van der Waals surface area contributed by atoms with Crippen LogP contribution in [0.4, 0.5) is 5.13 Å². The molecule has 4 nitrogen and oxygen atoms in total. The van der Waals surface area contributed by atoms with Crippen LogP contribution in [0.5, 0.6) is 0 Å². The maximum atomic E-state index is 12.9. The molecule has 1 amide bonds. The first kappa shape index (κ1) is 18.0. The highest BCUT2D eigenvalue weighted by molar-refractivity contribution is 9.10. The molecule has 0 bridgehead atoms. The van der Waals surface area contributed by atoms with Crippen molar-refractivity contribution in [1.29, 1.82) is 0 Å². The van der Waals surface area contributed by atoms with Crippen molar-refractivity contribution in [2.24, 2.45) is 0 Å². The van der Waals surface area contributed by atoms with Gasteiger partial charge in [0.15, 0.2) is 5.13 Å². The molecule has 0 atom stereocenters. The van der Waals surface area contributed by atoms with Crippen LogP contribution in [-0.4, -0.2) is 43.0 Å². The van der Waals surface area contributed by atoms with Crippen LogP contribution in [0.3, 0.4) is 0 Å². The fourth-order valence-corrected chi connectivity index (χ4v) is 4.06. The van der Waals surface area contributed by atoms with Gasteiger partial charge in [0.05, 0.1) is 16.6 Å². The number of thiazole rings is 1. The lowest BCUT2D eigenvalue weighted by Gasteiger charge is -2.22. The number of carbonyl (C=O) groups excluding carboxylic acids is 1. The first-order valence-corrected chi connectivity index (χ1v) is 9.69. The Morgan fingerprint density at radius 3 is 2.60 bits per heavy atom. The quantitative estimate of drug-likeness (QED) is 0.602. The highest BCUT2D eigenvalue weighted by Crippen LogP contribution is 2.31. The summed E-state index contributed by atoms with van der Waals surface area (Å²) in [6.45, 7) is 1.42. The molecular weight excluding hydrogens is 398 g/mol. The van der Waals surface area contributed by atoms with E-state index in [2.05, 4.69) is 25.8 Å². The highest BCUT2D eigenvalue weighted by Gasteiger charge is 2.20. The molecule has 0 fully saturated rings. The molecule has 0 aliphatic carbocycles. The summed E-state index contributed by atoms with van der Waals surface area (Å²) < 4.78 is 2.09. The topological polar surface area (TPSA) is 36.4 Å². The van der Waals surface area contributed by atoms with Gasteiger partial charge in [0, 0.05) is 17.6 Å². The van der Waals surface area contributed by atoms with Gasteiger partial charge in [-0.05, 0) is 37.9 Å². The molecule has 6 heteroatoms. The predicted octanol–water partition coefficient (Wildman–Crippen LogP) is 4.20. The molecule has 0 aliphatic heterocycles. The molecule has 0 radical (unpaired) electrons. The standard InChI is InChI=1S/C19H20BrN3OS/c1-22(2)10-11-23(18(24)12-14-6-4-3-5-7-14)19-21-16-9-8-15(20)13-17(16)25-19/h3-9,13H,10-12H2,1-2H3. The molecule has 2 aromatic carbocycles. The number of amides is 1. The Morgan fingerprint density at radius 1 is 1.12 bits per heavy atom. The Hall–Kier alpha value is -1.76. The number of benzene rings is 2. The van der Waals surface area contributed by atoms with Gasteiger partial charge in [-0.15, -0.1) is 0 Å². The van der Waals surface area contributed by atoms with E-state index in [9.17, 15) is 4.79 Å². The summed E-state index contributed by atoms with van der Waals surface area (Å²) in [4.78, 5) is 21.5. The maximum Gasteiger partial charge on any atom is 0.233 e. The van der Waals surface area contributed by atoms with Gasteiger partial charge < -0.3 is 4.90 Å². The van der Waals surface area contributed by atoms with E-state index in [0.29, 0.717) is 13.0 Å². The van der Waals surface area contributed by atoms with Crippen LogP contribution in [0, 0.1) is 0 Å². The van der Waals surface area contributed by atoms with Crippen molar-refractivity contribution >= 4 is 48.5 Å². The summed E-state index contributed by atoms with van der Waals surface area (Å²) in [7, 11) is 4.02. The van der Waals surface area contributed by atoms with Gasteiger partial charge in [-0.1, -0.05) is 57.6 Å². The number of likely N-dealkylation sites (N-methyl/N-ethyl adjacent to an activating group) is 1. The summed E-state index contributed by atoms with van der Waals surface area (Å²) >= 11 is 5.05. The monoisotopic (exact) mass is 417 g/mol. The van der Waals surface area contributed by atoms with Crippen molar-refractivity contribution in [2.75, 3.05) is 32.1 Å². The third kappa shape index (κ3) is 4.66. The smallest absolute Gasteiger partial charge is 0.233 e. The van der Waals surface area contributed by atoms with Gasteiger partial charge >= 0.3 is 0 Å². The zero-order valence-electron chi connectivity index (χ0n) is 14.3. The molecule has 0 spiro atoms.